The van der Waals surface area contributed by atoms with Gasteiger partial charge in [-0.05, 0) is 19.4 Å². The highest BCUT2D eigenvalue weighted by Crippen LogP contribution is 2.13. The van der Waals surface area contributed by atoms with Crippen LogP contribution in [0, 0.1) is 6.92 Å². The van der Waals surface area contributed by atoms with Crippen molar-refractivity contribution in [3.8, 4) is 0 Å². The fraction of sp³-hybridized carbons (Fsp3) is 0.467. The van der Waals surface area contributed by atoms with Crippen molar-refractivity contribution in [1.29, 1.82) is 0 Å². The third kappa shape index (κ3) is 3.51. The van der Waals surface area contributed by atoms with Crippen molar-refractivity contribution in [2.75, 3.05) is 26.2 Å². The summed E-state index contributed by atoms with van der Waals surface area (Å²) in [6.07, 6.45) is 4.57. The minimum atomic E-state index is 0.127. The summed E-state index contributed by atoms with van der Waals surface area (Å²) in [4.78, 5) is 24.2. The summed E-state index contributed by atoms with van der Waals surface area (Å²) >= 11 is 1.70. The molecule has 6 heteroatoms. The van der Waals surface area contributed by atoms with Gasteiger partial charge in [-0.25, -0.2) is 4.98 Å². The Bertz CT molecular complexity index is 593. The molecule has 1 amide bonds. The molecule has 1 fully saturated rings. The van der Waals surface area contributed by atoms with Gasteiger partial charge in [0.2, 0.25) is 0 Å². The minimum Gasteiger partial charge on any atom is -0.367 e. The minimum absolute atomic E-state index is 0.127. The van der Waals surface area contributed by atoms with Crippen LogP contribution in [0.3, 0.4) is 0 Å². The Hall–Kier alpha value is -1.66. The molecule has 0 atom stereocenters. The lowest BCUT2D eigenvalue weighted by molar-refractivity contribution is 0.0761. The summed E-state index contributed by atoms with van der Waals surface area (Å²) in [7, 11) is 0. The molecule has 3 rings (SSSR count). The van der Waals surface area contributed by atoms with E-state index in [0.717, 1.165) is 55.4 Å². The molecule has 112 valence electrons. The van der Waals surface area contributed by atoms with E-state index in [9.17, 15) is 4.79 Å². The molecule has 5 nitrogen and oxygen atoms in total. The lowest BCUT2D eigenvalue weighted by atomic mass is 10.3. The van der Waals surface area contributed by atoms with Gasteiger partial charge in [0, 0.05) is 50.5 Å². The van der Waals surface area contributed by atoms with E-state index in [-0.39, 0.29) is 5.91 Å². The van der Waals surface area contributed by atoms with E-state index >= 15 is 0 Å². The van der Waals surface area contributed by atoms with Crippen LogP contribution < -0.4 is 0 Å². The predicted octanol–water partition coefficient (Wildman–Crippen LogP) is 2.13. The second kappa shape index (κ2) is 6.41. The van der Waals surface area contributed by atoms with Crippen molar-refractivity contribution >= 4 is 17.2 Å². The largest absolute Gasteiger partial charge is 0.367 e. The molecular weight excluding hydrogens is 284 g/mol. The van der Waals surface area contributed by atoms with E-state index < -0.39 is 0 Å². The Kier molecular flexibility index (Phi) is 4.36. The number of carbonyl (C=O) groups excluding carboxylic acids is 1. The molecule has 0 aromatic carbocycles. The first-order chi connectivity index (χ1) is 10.2. The summed E-state index contributed by atoms with van der Waals surface area (Å²) in [6, 6.07) is 1.84. The van der Waals surface area contributed by atoms with Gasteiger partial charge in [0.1, 0.15) is 0 Å². The van der Waals surface area contributed by atoms with Gasteiger partial charge in [-0.3, -0.25) is 9.69 Å². The quantitative estimate of drug-likeness (QED) is 0.945. The van der Waals surface area contributed by atoms with Gasteiger partial charge in [-0.15, -0.1) is 11.3 Å². The first-order valence-corrected chi connectivity index (χ1v) is 8.16. The number of hydrogen-bond donors (Lipinski definition) is 1. The fourth-order valence-electron chi connectivity index (χ4n) is 2.68. The SMILES string of the molecule is Cc1nc(CN2CCCN(C(=O)c3cc[nH]c3)CC2)cs1. The molecule has 0 aliphatic carbocycles. The van der Waals surface area contributed by atoms with Crippen molar-refractivity contribution in [3.05, 3.63) is 40.1 Å². The molecule has 0 bridgehead atoms. The molecule has 0 spiro atoms. The Morgan fingerprint density at radius 2 is 2.29 bits per heavy atom. The van der Waals surface area contributed by atoms with Crippen LogP contribution in [0.2, 0.25) is 0 Å². The van der Waals surface area contributed by atoms with E-state index in [4.69, 9.17) is 0 Å². The maximum atomic E-state index is 12.4. The van der Waals surface area contributed by atoms with Crippen LogP contribution in [0.15, 0.2) is 23.8 Å². The van der Waals surface area contributed by atoms with E-state index in [1.165, 1.54) is 0 Å². The van der Waals surface area contributed by atoms with Gasteiger partial charge >= 0.3 is 0 Å². The first-order valence-electron chi connectivity index (χ1n) is 7.28. The van der Waals surface area contributed by atoms with Crippen molar-refractivity contribution in [1.82, 2.24) is 19.8 Å². The molecular formula is C15H20N4OS. The van der Waals surface area contributed by atoms with Gasteiger partial charge in [-0.2, -0.15) is 0 Å². The van der Waals surface area contributed by atoms with E-state index in [2.05, 4.69) is 20.2 Å². The summed E-state index contributed by atoms with van der Waals surface area (Å²) < 4.78 is 0. The number of H-pyrrole nitrogens is 1. The third-order valence-corrected chi connectivity index (χ3v) is 4.60. The Labute approximate surface area is 128 Å². The normalized spacial score (nSPS) is 16.9. The molecule has 0 radical (unpaired) electrons. The molecule has 3 heterocycles. The number of thiazole rings is 1. The maximum absolute atomic E-state index is 12.4. The van der Waals surface area contributed by atoms with Crippen LogP contribution >= 0.6 is 11.3 Å². The highest BCUT2D eigenvalue weighted by atomic mass is 32.1. The zero-order chi connectivity index (χ0) is 14.7. The molecule has 21 heavy (non-hydrogen) atoms. The number of nitrogens with zero attached hydrogens (tertiary/aromatic N) is 3. The van der Waals surface area contributed by atoms with Crippen molar-refractivity contribution in [3.63, 3.8) is 0 Å². The number of carbonyl (C=O) groups is 1. The number of aromatic amines is 1. The van der Waals surface area contributed by atoms with Gasteiger partial charge in [-0.1, -0.05) is 0 Å². The second-order valence-corrected chi connectivity index (χ2v) is 6.44. The summed E-state index contributed by atoms with van der Waals surface area (Å²) in [5.41, 5.74) is 1.89. The van der Waals surface area contributed by atoms with Crippen LogP contribution in [-0.4, -0.2) is 51.9 Å². The summed E-state index contributed by atoms with van der Waals surface area (Å²) in [5, 5.41) is 3.24. The van der Waals surface area contributed by atoms with Gasteiger partial charge in [0.25, 0.3) is 5.91 Å². The molecule has 1 N–H and O–H groups in total. The second-order valence-electron chi connectivity index (χ2n) is 5.38. The number of amides is 1. The monoisotopic (exact) mass is 304 g/mol. The van der Waals surface area contributed by atoms with Crippen LogP contribution in [0.1, 0.15) is 27.5 Å². The number of aryl methyl sites for hydroxylation is 1. The standard InChI is InChI=1S/C15H20N4OS/c1-12-17-14(11-21-12)10-18-5-2-6-19(8-7-18)15(20)13-3-4-16-9-13/h3-4,9,11,16H,2,5-8,10H2,1H3. The van der Waals surface area contributed by atoms with E-state index in [1.54, 1.807) is 23.7 Å². The zero-order valence-corrected chi connectivity index (χ0v) is 13.0. The Balaban J connectivity index is 1.58. The predicted molar refractivity (Wildman–Crippen MR) is 83.4 cm³/mol. The zero-order valence-electron chi connectivity index (χ0n) is 12.2. The molecule has 2 aromatic heterocycles. The highest BCUT2D eigenvalue weighted by molar-refractivity contribution is 7.09. The average Bonchev–Trinajstić information content (AvgIpc) is 3.08. The van der Waals surface area contributed by atoms with Crippen LogP contribution in [0.4, 0.5) is 0 Å². The van der Waals surface area contributed by atoms with E-state index in [1.807, 2.05) is 17.9 Å². The number of aromatic nitrogens is 2. The van der Waals surface area contributed by atoms with Crippen LogP contribution in [-0.2, 0) is 6.54 Å². The smallest absolute Gasteiger partial charge is 0.255 e. The van der Waals surface area contributed by atoms with Gasteiger partial charge in [0.05, 0.1) is 16.3 Å². The van der Waals surface area contributed by atoms with Crippen LogP contribution in [0.25, 0.3) is 0 Å². The third-order valence-electron chi connectivity index (χ3n) is 3.77. The summed E-state index contributed by atoms with van der Waals surface area (Å²) in [6.45, 7) is 6.47. The fourth-order valence-corrected chi connectivity index (χ4v) is 3.29. The topological polar surface area (TPSA) is 52.2 Å². The Morgan fingerprint density at radius 3 is 3.00 bits per heavy atom. The Morgan fingerprint density at radius 1 is 1.38 bits per heavy atom. The lowest BCUT2D eigenvalue weighted by Gasteiger charge is -2.21. The maximum Gasteiger partial charge on any atom is 0.255 e. The molecule has 2 aromatic rings. The molecule has 1 aliphatic heterocycles. The lowest BCUT2D eigenvalue weighted by Crippen LogP contribution is -2.34. The van der Waals surface area contributed by atoms with Crippen molar-refractivity contribution in [2.24, 2.45) is 0 Å². The summed E-state index contributed by atoms with van der Waals surface area (Å²) in [5.74, 6) is 0.127. The highest BCUT2D eigenvalue weighted by Gasteiger charge is 2.20. The molecule has 1 saturated heterocycles. The molecule has 1 aliphatic rings. The number of rotatable bonds is 3. The number of nitrogens with one attached hydrogen (secondary N) is 1. The number of hydrogen-bond acceptors (Lipinski definition) is 4. The first kappa shape index (κ1) is 14.3. The van der Waals surface area contributed by atoms with Crippen LogP contribution in [0.5, 0.6) is 0 Å². The molecule has 0 unspecified atom stereocenters. The average molecular weight is 304 g/mol. The molecule has 0 saturated carbocycles. The van der Waals surface area contributed by atoms with E-state index in [0.29, 0.717) is 0 Å². The van der Waals surface area contributed by atoms with Crippen molar-refractivity contribution < 1.29 is 4.79 Å². The van der Waals surface area contributed by atoms with Crippen molar-refractivity contribution in [2.45, 2.75) is 19.9 Å². The van der Waals surface area contributed by atoms with Gasteiger partial charge in [0.15, 0.2) is 0 Å². The van der Waals surface area contributed by atoms with Gasteiger partial charge < -0.3 is 9.88 Å².